The first-order valence-electron chi connectivity index (χ1n) is 8.12. The van der Waals surface area contributed by atoms with Crippen LogP contribution in [0.15, 0.2) is 53.4 Å². The lowest BCUT2D eigenvalue weighted by Gasteiger charge is -2.37. The van der Waals surface area contributed by atoms with E-state index in [2.05, 4.69) is 4.90 Å². The fraction of sp³-hybridized carbons (Fsp3) is 0.333. The van der Waals surface area contributed by atoms with E-state index >= 15 is 0 Å². The van der Waals surface area contributed by atoms with Gasteiger partial charge in [-0.2, -0.15) is 13.2 Å². The molecule has 0 atom stereocenters. The zero-order valence-corrected chi connectivity index (χ0v) is 15.0. The Kier molecular flexibility index (Phi) is 4.88. The maximum Gasteiger partial charge on any atom is 0.416 e. The van der Waals surface area contributed by atoms with Crippen molar-refractivity contribution in [3.63, 3.8) is 0 Å². The third-order valence-corrected chi connectivity index (χ3v) is 5.58. The van der Waals surface area contributed by atoms with Crippen LogP contribution in [0.3, 0.4) is 0 Å². The number of alkyl halides is 3. The summed E-state index contributed by atoms with van der Waals surface area (Å²) < 4.78 is 61.6. The zero-order valence-electron chi connectivity index (χ0n) is 14.2. The molecule has 0 N–H and O–H groups in total. The van der Waals surface area contributed by atoms with E-state index in [0.717, 1.165) is 18.0 Å². The standard InChI is InChI=1S/C18H19F3N2O2S/c1-26(24,25)17-7-5-15(6-8-17)22-9-11-23(12-10-22)16-4-2-3-14(13-16)18(19,20)21/h2-8,13H,9-12H2,1H3. The number of hydrogen-bond donors (Lipinski definition) is 0. The molecule has 1 aliphatic heterocycles. The van der Waals surface area contributed by atoms with Gasteiger partial charge in [0, 0.05) is 43.8 Å². The van der Waals surface area contributed by atoms with Crippen molar-refractivity contribution in [2.24, 2.45) is 0 Å². The van der Waals surface area contributed by atoms with Gasteiger partial charge >= 0.3 is 6.18 Å². The molecule has 1 aliphatic rings. The SMILES string of the molecule is CS(=O)(=O)c1ccc(N2CCN(c3cccc(C(F)(F)F)c3)CC2)cc1. The second-order valence-corrected chi connectivity index (χ2v) is 8.30. The van der Waals surface area contributed by atoms with E-state index in [1.807, 2.05) is 4.90 Å². The van der Waals surface area contributed by atoms with E-state index in [9.17, 15) is 21.6 Å². The second kappa shape index (κ2) is 6.83. The van der Waals surface area contributed by atoms with Gasteiger partial charge in [-0.05, 0) is 42.5 Å². The highest BCUT2D eigenvalue weighted by molar-refractivity contribution is 7.90. The first kappa shape index (κ1) is 18.6. The van der Waals surface area contributed by atoms with Crippen molar-refractivity contribution in [1.82, 2.24) is 0 Å². The lowest BCUT2D eigenvalue weighted by Crippen LogP contribution is -2.46. The average molecular weight is 384 g/mol. The molecule has 4 nitrogen and oxygen atoms in total. The van der Waals surface area contributed by atoms with Crippen molar-refractivity contribution in [1.29, 1.82) is 0 Å². The van der Waals surface area contributed by atoms with E-state index in [1.54, 1.807) is 30.3 Å². The van der Waals surface area contributed by atoms with E-state index in [1.165, 1.54) is 12.1 Å². The molecule has 0 aliphatic carbocycles. The normalized spacial score (nSPS) is 16.0. The Morgan fingerprint density at radius 2 is 1.38 bits per heavy atom. The van der Waals surface area contributed by atoms with Gasteiger partial charge in [-0.15, -0.1) is 0 Å². The van der Waals surface area contributed by atoms with E-state index in [-0.39, 0.29) is 4.90 Å². The van der Waals surface area contributed by atoms with Gasteiger partial charge in [0.1, 0.15) is 0 Å². The summed E-state index contributed by atoms with van der Waals surface area (Å²) in [5.74, 6) is 0. The monoisotopic (exact) mass is 384 g/mol. The van der Waals surface area contributed by atoms with Crippen molar-refractivity contribution in [2.45, 2.75) is 11.1 Å². The van der Waals surface area contributed by atoms with Crippen LogP contribution in [0.2, 0.25) is 0 Å². The minimum atomic E-state index is -4.35. The van der Waals surface area contributed by atoms with Gasteiger partial charge in [0.2, 0.25) is 0 Å². The summed E-state index contributed by atoms with van der Waals surface area (Å²) >= 11 is 0. The summed E-state index contributed by atoms with van der Waals surface area (Å²) in [7, 11) is -3.23. The van der Waals surface area contributed by atoms with Crippen LogP contribution in [0.1, 0.15) is 5.56 Å². The number of benzene rings is 2. The fourth-order valence-electron chi connectivity index (χ4n) is 3.01. The number of nitrogens with zero attached hydrogens (tertiary/aromatic N) is 2. The van der Waals surface area contributed by atoms with Crippen LogP contribution in [0.4, 0.5) is 24.5 Å². The van der Waals surface area contributed by atoms with Crippen molar-refractivity contribution in [2.75, 3.05) is 42.2 Å². The highest BCUT2D eigenvalue weighted by atomic mass is 32.2. The molecule has 2 aromatic rings. The highest BCUT2D eigenvalue weighted by Gasteiger charge is 2.31. The second-order valence-electron chi connectivity index (χ2n) is 6.29. The largest absolute Gasteiger partial charge is 0.416 e. The molecule has 140 valence electrons. The smallest absolute Gasteiger partial charge is 0.368 e. The number of halogens is 3. The Morgan fingerprint density at radius 1 is 0.846 bits per heavy atom. The highest BCUT2D eigenvalue weighted by Crippen LogP contribution is 2.32. The zero-order chi connectivity index (χ0) is 18.9. The van der Waals surface area contributed by atoms with E-state index < -0.39 is 21.6 Å². The maximum atomic E-state index is 12.9. The number of rotatable bonds is 3. The predicted molar refractivity (Wildman–Crippen MR) is 95.4 cm³/mol. The van der Waals surface area contributed by atoms with Crippen LogP contribution < -0.4 is 9.80 Å². The van der Waals surface area contributed by atoms with Crippen molar-refractivity contribution < 1.29 is 21.6 Å². The molecular formula is C18H19F3N2O2S. The van der Waals surface area contributed by atoms with Crippen LogP contribution >= 0.6 is 0 Å². The van der Waals surface area contributed by atoms with E-state index in [0.29, 0.717) is 31.9 Å². The number of anilines is 2. The fourth-order valence-corrected chi connectivity index (χ4v) is 3.64. The van der Waals surface area contributed by atoms with Gasteiger partial charge in [0.15, 0.2) is 9.84 Å². The molecule has 8 heteroatoms. The van der Waals surface area contributed by atoms with Crippen LogP contribution in [0.5, 0.6) is 0 Å². The third kappa shape index (κ3) is 4.12. The van der Waals surface area contributed by atoms with Crippen LogP contribution in [0, 0.1) is 0 Å². The van der Waals surface area contributed by atoms with Gasteiger partial charge in [-0.3, -0.25) is 0 Å². The molecule has 0 bridgehead atoms. The number of sulfone groups is 1. The average Bonchev–Trinajstić information content (AvgIpc) is 2.61. The van der Waals surface area contributed by atoms with Gasteiger partial charge in [0.25, 0.3) is 0 Å². The van der Waals surface area contributed by atoms with Gasteiger partial charge in [-0.1, -0.05) is 6.07 Å². The molecule has 3 rings (SSSR count). The Hall–Kier alpha value is -2.22. The molecule has 1 fully saturated rings. The Labute approximate surface area is 150 Å². The maximum absolute atomic E-state index is 12.9. The topological polar surface area (TPSA) is 40.6 Å². The van der Waals surface area contributed by atoms with Crippen LogP contribution in [-0.4, -0.2) is 40.9 Å². The lowest BCUT2D eigenvalue weighted by molar-refractivity contribution is -0.137. The predicted octanol–water partition coefficient (Wildman–Crippen LogP) is 3.44. The van der Waals surface area contributed by atoms with Crippen LogP contribution in [-0.2, 0) is 16.0 Å². The van der Waals surface area contributed by atoms with Gasteiger partial charge in [0.05, 0.1) is 10.5 Å². The van der Waals surface area contributed by atoms with Crippen molar-refractivity contribution in [3.8, 4) is 0 Å². The molecule has 26 heavy (non-hydrogen) atoms. The third-order valence-electron chi connectivity index (χ3n) is 4.45. The number of piperazine rings is 1. The minimum absolute atomic E-state index is 0.267. The molecule has 2 aromatic carbocycles. The van der Waals surface area contributed by atoms with Gasteiger partial charge in [-0.25, -0.2) is 8.42 Å². The molecule has 0 radical (unpaired) electrons. The van der Waals surface area contributed by atoms with Gasteiger partial charge < -0.3 is 9.80 Å². The molecule has 1 heterocycles. The molecule has 0 aromatic heterocycles. The molecule has 0 amide bonds. The summed E-state index contributed by atoms with van der Waals surface area (Å²) in [4.78, 5) is 4.29. The van der Waals surface area contributed by atoms with Crippen molar-refractivity contribution >= 4 is 21.2 Å². The van der Waals surface area contributed by atoms with E-state index in [4.69, 9.17) is 0 Å². The molecular weight excluding hydrogens is 365 g/mol. The molecule has 1 saturated heterocycles. The van der Waals surface area contributed by atoms with Crippen molar-refractivity contribution in [3.05, 3.63) is 54.1 Å². The summed E-state index contributed by atoms with van der Waals surface area (Å²) in [6.45, 7) is 2.48. The lowest BCUT2D eigenvalue weighted by atomic mass is 10.1. The Balaban J connectivity index is 1.68. The Morgan fingerprint density at radius 3 is 1.88 bits per heavy atom. The summed E-state index contributed by atoms with van der Waals surface area (Å²) in [6.07, 6.45) is -3.19. The molecule has 0 saturated carbocycles. The molecule has 0 spiro atoms. The summed E-state index contributed by atoms with van der Waals surface area (Å²) in [6, 6.07) is 12.0. The summed E-state index contributed by atoms with van der Waals surface area (Å²) in [5, 5.41) is 0. The number of hydrogen-bond acceptors (Lipinski definition) is 4. The first-order valence-corrected chi connectivity index (χ1v) is 10.0. The first-order chi connectivity index (χ1) is 12.1. The molecule has 0 unspecified atom stereocenters. The van der Waals surface area contributed by atoms with Crippen LogP contribution in [0.25, 0.3) is 0 Å². The Bertz CT molecular complexity index is 872. The quantitative estimate of drug-likeness (QED) is 0.813. The summed E-state index contributed by atoms with van der Waals surface area (Å²) in [5.41, 5.74) is 0.821. The minimum Gasteiger partial charge on any atom is -0.368 e.